The first-order valence-corrected chi connectivity index (χ1v) is 13.0. The Kier molecular flexibility index (Phi) is 7.39. The largest absolute Gasteiger partial charge is 0.353 e. The highest BCUT2D eigenvalue weighted by molar-refractivity contribution is 9.10. The van der Waals surface area contributed by atoms with Gasteiger partial charge in [0.25, 0.3) is 0 Å². The van der Waals surface area contributed by atoms with Crippen LogP contribution in [0.25, 0.3) is 0 Å². The van der Waals surface area contributed by atoms with Gasteiger partial charge in [-0.2, -0.15) is 0 Å². The van der Waals surface area contributed by atoms with Gasteiger partial charge >= 0.3 is 0 Å². The lowest BCUT2D eigenvalue weighted by molar-refractivity contribution is -0.133. The smallest absolute Gasteiger partial charge is 0.231 e. The zero-order valence-electron chi connectivity index (χ0n) is 20.3. The molecule has 2 heterocycles. The molecule has 0 radical (unpaired) electrons. The number of halogens is 1. The molecule has 33 heavy (non-hydrogen) atoms. The summed E-state index contributed by atoms with van der Waals surface area (Å²) < 4.78 is 1.03. The summed E-state index contributed by atoms with van der Waals surface area (Å²) >= 11 is 3.52. The molecule has 2 aromatic rings. The van der Waals surface area contributed by atoms with Crippen LogP contribution in [0.3, 0.4) is 0 Å². The first kappa shape index (κ1) is 24.1. The number of hydrogen-bond acceptors (Lipinski definition) is 5. The second kappa shape index (κ2) is 10.1. The molecule has 0 saturated carbocycles. The van der Waals surface area contributed by atoms with Gasteiger partial charge in [0.15, 0.2) is 0 Å². The Balaban J connectivity index is 1.47. The van der Waals surface area contributed by atoms with Crippen LogP contribution in [0.15, 0.2) is 35.1 Å². The Bertz CT molecular complexity index is 969. The Morgan fingerprint density at radius 1 is 1.18 bits per heavy atom. The maximum atomic E-state index is 13.7. The molecular formula is C26H36BrN5O. The van der Waals surface area contributed by atoms with Gasteiger partial charge in [-0.1, -0.05) is 41.9 Å². The standard InChI is InChI=1S/C26H36BrN5O/c1-5-26(3,4)30-16-21(19-7-9-20(27)10-8-19)25(33)32-14-12-31(13-15-32)24-23-18(2)6-11-22(23)28-17-29-24/h7-10,17-18,21,30H,5-6,11-16H2,1-4H3/t18-,21-/m1/s1. The molecule has 0 unspecified atom stereocenters. The third-order valence-corrected chi connectivity index (χ3v) is 7.91. The van der Waals surface area contributed by atoms with Gasteiger partial charge in [0.2, 0.25) is 5.91 Å². The van der Waals surface area contributed by atoms with Gasteiger partial charge in [-0.15, -0.1) is 0 Å². The van der Waals surface area contributed by atoms with Gasteiger partial charge in [0, 0.05) is 54.0 Å². The molecule has 1 amide bonds. The minimum absolute atomic E-state index is 0.00330. The lowest BCUT2D eigenvalue weighted by Crippen LogP contribution is -2.52. The predicted molar refractivity (Wildman–Crippen MR) is 137 cm³/mol. The van der Waals surface area contributed by atoms with E-state index >= 15 is 0 Å². The molecule has 0 spiro atoms. The Hall–Kier alpha value is -1.99. The molecule has 7 heteroatoms. The summed E-state index contributed by atoms with van der Waals surface area (Å²) in [5, 5.41) is 3.62. The van der Waals surface area contributed by atoms with Crippen LogP contribution < -0.4 is 10.2 Å². The molecule has 178 valence electrons. The second-order valence-electron chi connectivity index (χ2n) is 10.0. The summed E-state index contributed by atoms with van der Waals surface area (Å²) in [5.41, 5.74) is 3.57. The molecule has 2 aliphatic rings. The minimum Gasteiger partial charge on any atom is -0.353 e. The highest BCUT2D eigenvalue weighted by Crippen LogP contribution is 2.37. The molecule has 1 aliphatic heterocycles. The van der Waals surface area contributed by atoms with Crippen molar-refractivity contribution in [2.75, 3.05) is 37.6 Å². The van der Waals surface area contributed by atoms with E-state index in [4.69, 9.17) is 0 Å². The fourth-order valence-corrected chi connectivity index (χ4v) is 5.04. The SMILES string of the molecule is CCC(C)(C)NC[C@@H](C(=O)N1CCN(c2ncnc3c2[C@H](C)CC3)CC1)c1ccc(Br)cc1. The molecule has 0 bridgehead atoms. The minimum atomic E-state index is -0.196. The summed E-state index contributed by atoms with van der Waals surface area (Å²) in [4.78, 5) is 27.2. The van der Waals surface area contributed by atoms with E-state index in [2.05, 4.69) is 75.9 Å². The van der Waals surface area contributed by atoms with E-state index in [9.17, 15) is 4.79 Å². The van der Waals surface area contributed by atoms with Crippen LogP contribution in [-0.2, 0) is 11.2 Å². The van der Waals surface area contributed by atoms with E-state index in [1.807, 2.05) is 17.0 Å². The molecule has 1 aliphatic carbocycles. The van der Waals surface area contributed by atoms with Gasteiger partial charge < -0.3 is 15.1 Å². The fourth-order valence-electron chi connectivity index (χ4n) is 4.78. The average Bonchev–Trinajstić information content (AvgIpc) is 3.21. The Labute approximate surface area is 206 Å². The first-order valence-electron chi connectivity index (χ1n) is 12.2. The number of piperazine rings is 1. The van der Waals surface area contributed by atoms with Crippen molar-refractivity contribution in [2.45, 2.75) is 64.3 Å². The summed E-state index contributed by atoms with van der Waals surface area (Å²) in [6.07, 6.45) is 4.90. The highest BCUT2D eigenvalue weighted by atomic mass is 79.9. The van der Waals surface area contributed by atoms with Crippen LogP contribution in [0.1, 0.15) is 69.2 Å². The van der Waals surface area contributed by atoms with Crippen LogP contribution >= 0.6 is 15.9 Å². The van der Waals surface area contributed by atoms with Crippen LogP contribution in [0.5, 0.6) is 0 Å². The van der Waals surface area contributed by atoms with Gasteiger partial charge in [0.1, 0.15) is 12.1 Å². The molecule has 2 atom stereocenters. The molecule has 1 aromatic carbocycles. The molecule has 4 rings (SSSR count). The third-order valence-electron chi connectivity index (χ3n) is 7.38. The maximum Gasteiger partial charge on any atom is 0.231 e. The van der Waals surface area contributed by atoms with E-state index in [-0.39, 0.29) is 17.4 Å². The second-order valence-corrected chi connectivity index (χ2v) is 10.9. The number of carbonyl (C=O) groups is 1. The number of carbonyl (C=O) groups excluding carboxylic acids is 1. The van der Waals surface area contributed by atoms with Crippen LogP contribution in [0, 0.1) is 0 Å². The number of fused-ring (bicyclic) bond motifs is 1. The average molecular weight is 515 g/mol. The summed E-state index contributed by atoms with van der Waals surface area (Å²) in [6.45, 7) is 12.5. The molecule has 1 aromatic heterocycles. The van der Waals surface area contributed by atoms with E-state index < -0.39 is 0 Å². The number of rotatable bonds is 7. The Morgan fingerprint density at radius 3 is 2.55 bits per heavy atom. The van der Waals surface area contributed by atoms with Crippen molar-refractivity contribution < 1.29 is 4.79 Å². The number of nitrogens with zero attached hydrogens (tertiary/aromatic N) is 4. The third kappa shape index (κ3) is 5.40. The molecule has 1 saturated heterocycles. The number of nitrogens with one attached hydrogen (secondary N) is 1. The zero-order chi connectivity index (χ0) is 23.6. The molecular weight excluding hydrogens is 478 g/mol. The molecule has 1 fully saturated rings. The number of aromatic nitrogens is 2. The quantitative estimate of drug-likeness (QED) is 0.590. The monoisotopic (exact) mass is 513 g/mol. The number of benzene rings is 1. The predicted octanol–water partition coefficient (Wildman–Crippen LogP) is 4.50. The van der Waals surface area contributed by atoms with E-state index in [1.165, 1.54) is 11.3 Å². The van der Waals surface area contributed by atoms with E-state index in [0.717, 1.165) is 61.3 Å². The lowest BCUT2D eigenvalue weighted by atomic mass is 9.94. The van der Waals surface area contributed by atoms with E-state index in [0.29, 0.717) is 12.5 Å². The van der Waals surface area contributed by atoms with Gasteiger partial charge in [-0.25, -0.2) is 9.97 Å². The molecule has 6 nitrogen and oxygen atoms in total. The number of hydrogen-bond donors (Lipinski definition) is 1. The van der Waals surface area contributed by atoms with Crippen LogP contribution in [0.4, 0.5) is 5.82 Å². The first-order chi connectivity index (χ1) is 15.8. The van der Waals surface area contributed by atoms with Crippen molar-refractivity contribution >= 4 is 27.7 Å². The normalized spacial score (nSPS) is 19.5. The number of anilines is 1. The van der Waals surface area contributed by atoms with Crippen LogP contribution in [-0.4, -0.2) is 59.0 Å². The van der Waals surface area contributed by atoms with Crippen molar-refractivity contribution in [3.05, 3.63) is 51.9 Å². The highest BCUT2D eigenvalue weighted by Gasteiger charge is 2.32. The summed E-state index contributed by atoms with van der Waals surface area (Å²) in [7, 11) is 0. The van der Waals surface area contributed by atoms with Gasteiger partial charge in [0.05, 0.1) is 5.92 Å². The lowest BCUT2D eigenvalue weighted by Gasteiger charge is -2.38. The van der Waals surface area contributed by atoms with Crippen LogP contribution in [0.2, 0.25) is 0 Å². The zero-order valence-corrected chi connectivity index (χ0v) is 21.9. The van der Waals surface area contributed by atoms with Crippen molar-refractivity contribution in [3.8, 4) is 0 Å². The summed E-state index contributed by atoms with van der Waals surface area (Å²) in [5.74, 6) is 1.59. The topological polar surface area (TPSA) is 61.4 Å². The van der Waals surface area contributed by atoms with Gasteiger partial charge in [-0.05, 0) is 56.7 Å². The molecule has 1 N–H and O–H groups in total. The maximum absolute atomic E-state index is 13.7. The number of aryl methyl sites for hydroxylation is 1. The van der Waals surface area contributed by atoms with Gasteiger partial charge in [-0.3, -0.25) is 4.79 Å². The number of amides is 1. The van der Waals surface area contributed by atoms with Crippen molar-refractivity contribution in [1.29, 1.82) is 0 Å². The van der Waals surface area contributed by atoms with Crippen molar-refractivity contribution in [3.63, 3.8) is 0 Å². The summed E-state index contributed by atoms with van der Waals surface area (Å²) in [6, 6.07) is 8.18. The fraction of sp³-hybridized carbons (Fsp3) is 0.577. The van der Waals surface area contributed by atoms with E-state index in [1.54, 1.807) is 6.33 Å². The Morgan fingerprint density at radius 2 is 1.88 bits per heavy atom. The van der Waals surface area contributed by atoms with Crippen molar-refractivity contribution in [2.24, 2.45) is 0 Å². The van der Waals surface area contributed by atoms with Crippen molar-refractivity contribution in [1.82, 2.24) is 20.2 Å².